The van der Waals surface area contributed by atoms with Crippen LogP contribution in [0.25, 0.3) is 11.0 Å². The van der Waals surface area contributed by atoms with Crippen LogP contribution in [0.15, 0.2) is 21.3 Å². The number of aldehydes is 1. The molecule has 0 radical (unpaired) electrons. The largest absolute Gasteiger partial charge is 0.488 e. The molecule has 0 fully saturated rings. The van der Waals surface area contributed by atoms with E-state index in [1.165, 1.54) is 13.2 Å². The summed E-state index contributed by atoms with van der Waals surface area (Å²) in [6, 6.07) is 3.03. The van der Waals surface area contributed by atoms with Crippen LogP contribution in [0.1, 0.15) is 5.56 Å². The second-order valence-corrected chi connectivity index (χ2v) is 4.41. The van der Waals surface area contributed by atoms with Gasteiger partial charge in [0.1, 0.15) is 5.58 Å². The van der Waals surface area contributed by atoms with Gasteiger partial charge in [0.25, 0.3) is 5.91 Å². The standard InChI is InChI=1S/C13H10ClNO5/c1-6-3-9-7(4-8(6)14)11(18)12(19-2)13(20-9)15-10(17)5-16/h3-5H,1-2H3,(H,15,17). The quantitative estimate of drug-likeness (QED) is 0.690. The molecule has 1 N–H and O–H groups in total. The number of amides is 1. The molecule has 104 valence electrons. The summed E-state index contributed by atoms with van der Waals surface area (Å²) in [5, 5.41) is 2.78. The van der Waals surface area contributed by atoms with Crippen LogP contribution >= 0.6 is 11.6 Å². The Morgan fingerprint density at radius 2 is 2.15 bits per heavy atom. The second kappa shape index (κ2) is 5.34. The molecule has 1 amide bonds. The van der Waals surface area contributed by atoms with Crippen molar-refractivity contribution in [2.45, 2.75) is 6.92 Å². The molecule has 1 heterocycles. The Labute approximate surface area is 118 Å². The highest BCUT2D eigenvalue weighted by atomic mass is 35.5. The summed E-state index contributed by atoms with van der Waals surface area (Å²) in [7, 11) is 1.25. The van der Waals surface area contributed by atoms with E-state index in [1.54, 1.807) is 13.0 Å². The molecule has 1 aromatic heterocycles. The van der Waals surface area contributed by atoms with Gasteiger partial charge in [-0.25, -0.2) is 0 Å². The number of ether oxygens (including phenoxy) is 1. The number of benzene rings is 1. The first-order valence-electron chi connectivity index (χ1n) is 5.55. The van der Waals surface area contributed by atoms with Crippen LogP contribution in [0.2, 0.25) is 5.02 Å². The van der Waals surface area contributed by atoms with E-state index in [4.69, 9.17) is 20.8 Å². The van der Waals surface area contributed by atoms with Crippen molar-refractivity contribution in [2.75, 3.05) is 12.4 Å². The summed E-state index contributed by atoms with van der Waals surface area (Å²) >= 11 is 5.96. The number of anilines is 1. The van der Waals surface area contributed by atoms with Crippen molar-refractivity contribution >= 4 is 40.6 Å². The monoisotopic (exact) mass is 295 g/mol. The van der Waals surface area contributed by atoms with Crippen LogP contribution in [-0.2, 0) is 9.59 Å². The first-order chi connectivity index (χ1) is 9.47. The van der Waals surface area contributed by atoms with E-state index >= 15 is 0 Å². The Bertz CT molecular complexity index is 765. The normalized spacial score (nSPS) is 10.3. The summed E-state index contributed by atoms with van der Waals surface area (Å²) in [5.41, 5.74) is 0.455. The predicted molar refractivity (Wildman–Crippen MR) is 73.5 cm³/mol. The van der Waals surface area contributed by atoms with Crippen LogP contribution in [0, 0.1) is 6.92 Å². The Balaban J connectivity index is 2.76. The third-order valence-corrected chi connectivity index (χ3v) is 3.09. The van der Waals surface area contributed by atoms with Gasteiger partial charge in [-0.15, -0.1) is 0 Å². The van der Waals surface area contributed by atoms with Crippen molar-refractivity contribution in [3.8, 4) is 5.75 Å². The highest BCUT2D eigenvalue weighted by Gasteiger charge is 2.17. The van der Waals surface area contributed by atoms with Gasteiger partial charge < -0.3 is 9.15 Å². The van der Waals surface area contributed by atoms with E-state index in [-0.39, 0.29) is 28.9 Å². The van der Waals surface area contributed by atoms with Crippen molar-refractivity contribution in [1.29, 1.82) is 0 Å². The van der Waals surface area contributed by atoms with E-state index in [2.05, 4.69) is 5.32 Å². The van der Waals surface area contributed by atoms with Crippen LogP contribution in [0.4, 0.5) is 5.88 Å². The van der Waals surface area contributed by atoms with E-state index in [0.717, 1.165) is 0 Å². The van der Waals surface area contributed by atoms with Crippen LogP contribution in [0.3, 0.4) is 0 Å². The number of carbonyl (C=O) groups is 2. The fourth-order valence-electron chi connectivity index (χ4n) is 1.71. The highest BCUT2D eigenvalue weighted by Crippen LogP contribution is 2.28. The average Bonchev–Trinajstić information content (AvgIpc) is 2.41. The lowest BCUT2D eigenvalue weighted by Crippen LogP contribution is -2.16. The fraction of sp³-hybridized carbons (Fsp3) is 0.154. The van der Waals surface area contributed by atoms with Gasteiger partial charge in [0.2, 0.25) is 23.3 Å². The SMILES string of the molecule is COc1c(NC(=O)C=O)oc2cc(C)c(Cl)cc2c1=O. The van der Waals surface area contributed by atoms with Gasteiger partial charge in [-0.2, -0.15) is 0 Å². The Kier molecular flexibility index (Phi) is 3.76. The molecule has 0 saturated carbocycles. The molecule has 0 aliphatic rings. The van der Waals surface area contributed by atoms with Crippen molar-refractivity contribution in [1.82, 2.24) is 0 Å². The summed E-state index contributed by atoms with van der Waals surface area (Å²) < 4.78 is 10.3. The Morgan fingerprint density at radius 1 is 1.45 bits per heavy atom. The summed E-state index contributed by atoms with van der Waals surface area (Å²) in [5.74, 6) is -1.37. The summed E-state index contributed by atoms with van der Waals surface area (Å²) in [4.78, 5) is 33.7. The Hall–Kier alpha value is -2.34. The molecule has 7 heteroatoms. The van der Waals surface area contributed by atoms with E-state index < -0.39 is 11.3 Å². The zero-order chi connectivity index (χ0) is 14.9. The maximum Gasteiger partial charge on any atom is 0.290 e. The second-order valence-electron chi connectivity index (χ2n) is 4.00. The minimum absolute atomic E-state index is 0.0662. The molecule has 0 unspecified atom stereocenters. The topological polar surface area (TPSA) is 85.6 Å². The fourth-order valence-corrected chi connectivity index (χ4v) is 1.87. The van der Waals surface area contributed by atoms with Crippen molar-refractivity contribution in [2.24, 2.45) is 0 Å². The van der Waals surface area contributed by atoms with Crippen molar-refractivity contribution < 1.29 is 18.7 Å². The number of rotatable bonds is 3. The smallest absolute Gasteiger partial charge is 0.290 e. The minimum Gasteiger partial charge on any atom is -0.488 e. The minimum atomic E-state index is -0.948. The third-order valence-electron chi connectivity index (χ3n) is 2.68. The molecule has 2 aromatic rings. The van der Waals surface area contributed by atoms with Crippen molar-refractivity contribution in [3.63, 3.8) is 0 Å². The molecule has 0 aliphatic carbocycles. The lowest BCUT2D eigenvalue weighted by molar-refractivity contribution is -0.127. The molecule has 0 spiro atoms. The molecular formula is C13H10ClNO5. The van der Waals surface area contributed by atoms with Gasteiger partial charge >= 0.3 is 0 Å². The number of hydrogen-bond donors (Lipinski definition) is 1. The molecular weight excluding hydrogens is 286 g/mol. The number of aryl methyl sites for hydroxylation is 1. The van der Waals surface area contributed by atoms with Gasteiger partial charge in [0.15, 0.2) is 0 Å². The lowest BCUT2D eigenvalue weighted by Gasteiger charge is -2.09. The maximum absolute atomic E-state index is 12.2. The maximum atomic E-state index is 12.2. The molecule has 2 rings (SSSR count). The van der Waals surface area contributed by atoms with Crippen LogP contribution in [0.5, 0.6) is 5.75 Å². The van der Waals surface area contributed by atoms with Crippen LogP contribution < -0.4 is 15.5 Å². The lowest BCUT2D eigenvalue weighted by atomic mass is 10.1. The number of methoxy groups -OCH3 is 1. The number of fused-ring (bicyclic) bond motifs is 1. The highest BCUT2D eigenvalue weighted by molar-refractivity contribution is 6.32. The number of halogens is 1. The summed E-state index contributed by atoms with van der Waals surface area (Å²) in [6.45, 7) is 1.75. The zero-order valence-corrected chi connectivity index (χ0v) is 11.4. The first-order valence-corrected chi connectivity index (χ1v) is 5.92. The summed E-state index contributed by atoms with van der Waals surface area (Å²) in [6.07, 6.45) is 0.0662. The third kappa shape index (κ3) is 2.37. The van der Waals surface area contributed by atoms with E-state index in [1.807, 2.05) is 0 Å². The zero-order valence-electron chi connectivity index (χ0n) is 10.7. The van der Waals surface area contributed by atoms with Crippen molar-refractivity contribution in [3.05, 3.63) is 32.9 Å². The molecule has 1 aromatic carbocycles. The molecule has 20 heavy (non-hydrogen) atoms. The Morgan fingerprint density at radius 3 is 2.75 bits per heavy atom. The van der Waals surface area contributed by atoms with Gasteiger partial charge in [-0.3, -0.25) is 19.7 Å². The molecule has 0 atom stereocenters. The van der Waals surface area contributed by atoms with Crippen LogP contribution in [-0.4, -0.2) is 19.3 Å². The predicted octanol–water partition coefficient (Wildman–Crippen LogP) is 1.90. The van der Waals surface area contributed by atoms with E-state index in [9.17, 15) is 14.4 Å². The number of nitrogens with one attached hydrogen (secondary N) is 1. The van der Waals surface area contributed by atoms with Gasteiger partial charge in [0.05, 0.1) is 12.5 Å². The molecule has 6 nitrogen and oxygen atoms in total. The molecule has 0 bridgehead atoms. The number of hydrogen-bond acceptors (Lipinski definition) is 5. The molecule has 0 aliphatic heterocycles. The first kappa shape index (κ1) is 14.1. The van der Waals surface area contributed by atoms with E-state index in [0.29, 0.717) is 10.6 Å². The van der Waals surface area contributed by atoms with Gasteiger partial charge in [-0.05, 0) is 24.6 Å². The number of carbonyl (C=O) groups excluding carboxylic acids is 2. The average molecular weight is 296 g/mol. The molecule has 0 saturated heterocycles. The van der Waals surface area contributed by atoms with Gasteiger partial charge in [0, 0.05) is 5.02 Å². The van der Waals surface area contributed by atoms with Gasteiger partial charge in [-0.1, -0.05) is 11.6 Å².